The van der Waals surface area contributed by atoms with Gasteiger partial charge >= 0.3 is 0 Å². The van der Waals surface area contributed by atoms with Gasteiger partial charge in [-0.25, -0.2) is 0 Å². The van der Waals surface area contributed by atoms with E-state index in [4.69, 9.17) is 0 Å². The van der Waals surface area contributed by atoms with E-state index in [9.17, 15) is 4.79 Å². The van der Waals surface area contributed by atoms with E-state index in [-0.39, 0.29) is 5.91 Å². The number of thiol groups is 1. The Balaban J connectivity index is 1.72. The van der Waals surface area contributed by atoms with Gasteiger partial charge in [-0.3, -0.25) is 9.69 Å². The van der Waals surface area contributed by atoms with E-state index in [1.807, 2.05) is 0 Å². The largest absolute Gasteiger partial charge is 0.286 e. The summed E-state index contributed by atoms with van der Waals surface area (Å²) in [4.78, 5) is 13.8. The molecule has 0 aromatic carbocycles. The number of rotatable bonds is 3. The van der Waals surface area contributed by atoms with Crippen molar-refractivity contribution in [3.63, 3.8) is 0 Å². The standard InChI is InChI=1S/C13H19N3OS2/c17-11-6-9(8-18)7-16(11)13-15-14-12(19-13)10-4-2-1-3-5-10/h9-10,18H,1-8H2. The molecule has 6 heteroatoms. The highest BCUT2D eigenvalue weighted by Gasteiger charge is 2.32. The van der Waals surface area contributed by atoms with Gasteiger partial charge < -0.3 is 0 Å². The molecule has 1 unspecified atom stereocenters. The van der Waals surface area contributed by atoms with Gasteiger partial charge in [0, 0.05) is 18.9 Å². The van der Waals surface area contributed by atoms with E-state index >= 15 is 0 Å². The van der Waals surface area contributed by atoms with Crippen molar-refractivity contribution in [1.82, 2.24) is 10.2 Å². The zero-order valence-electron chi connectivity index (χ0n) is 10.9. The maximum atomic E-state index is 12.0. The van der Waals surface area contributed by atoms with Gasteiger partial charge in [0.15, 0.2) is 0 Å². The summed E-state index contributed by atoms with van der Waals surface area (Å²) in [7, 11) is 0. The van der Waals surface area contributed by atoms with E-state index in [0.717, 1.165) is 22.4 Å². The van der Waals surface area contributed by atoms with E-state index in [1.165, 1.54) is 32.1 Å². The molecule has 3 rings (SSSR count). The van der Waals surface area contributed by atoms with Gasteiger partial charge in [0.05, 0.1) is 0 Å². The molecule has 0 N–H and O–H groups in total. The quantitative estimate of drug-likeness (QED) is 0.873. The first-order valence-corrected chi connectivity index (χ1v) is 8.47. The number of nitrogens with zero attached hydrogens (tertiary/aromatic N) is 3. The average molecular weight is 297 g/mol. The highest BCUT2D eigenvalue weighted by Crippen LogP contribution is 2.37. The first kappa shape index (κ1) is 13.4. The van der Waals surface area contributed by atoms with Crippen LogP contribution in [0.5, 0.6) is 0 Å². The molecule has 1 atom stereocenters. The number of carbonyl (C=O) groups is 1. The topological polar surface area (TPSA) is 46.1 Å². The van der Waals surface area contributed by atoms with E-state index in [1.54, 1.807) is 16.2 Å². The monoisotopic (exact) mass is 297 g/mol. The second-order valence-corrected chi connectivity index (χ2v) is 6.87. The van der Waals surface area contributed by atoms with Crippen LogP contribution in [0.4, 0.5) is 5.13 Å². The number of amides is 1. The molecule has 1 aliphatic heterocycles. The van der Waals surface area contributed by atoms with Crippen molar-refractivity contribution < 1.29 is 4.79 Å². The maximum Gasteiger partial charge on any atom is 0.229 e. The van der Waals surface area contributed by atoms with Gasteiger partial charge in [0.25, 0.3) is 0 Å². The number of anilines is 1. The third-order valence-electron chi connectivity index (χ3n) is 4.08. The smallest absolute Gasteiger partial charge is 0.229 e. The molecule has 2 fully saturated rings. The molecule has 1 saturated carbocycles. The minimum absolute atomic E-state index is 0.172. The van der Waals surface area contributed by atoms with Crippen molar-refractivity contribution >= 4 is 35.0 Å². The van der Waals surface area contributed by atoms with Crippen LogP contribution in [-0.2, 0) is 4.79 Å². The highest BCUT2D eigenvalue weighted by molar-refractivity contribution is 7.80. The van der Waals surface area contributed by atoms with Gasteiger partial charge in [-0.05, 0) is 24.5 Å². The van der Waals surface area contributed by atoms with Crippen LogP contribution in [0.3, 0.4) is 0 Å². The van der Waals surface area contributed by atoms with Crippen molar-refractivity contribution in [2.75, 3.05) is 17.2 Å². The Bertz CT molecular complexity index is 456. The molecule has 1 aromatic rings. The molecular formula is C13H19N3OS2. The highest BCUT2D eigenvalue weighted by atomic mass is 32.1. The molecule has 104 valence electrons. The fourth-order valence-electron chi connectivity index (χ4n) is 2.94. The van der Waals surface area contributed by atoms with Crippen LogP contribution in [0.1, 0.15) is 49.5 Å². The molecule has 0 radical (unpaired) electrons. The summed E-state index contributed by atoms with van der Waals surface area (Å²) in [5.74, 6) is 1.86. The SMILES string of the molecule is O=C1CC(CS)CN1c1nnc(C2CCCCC2)s1. The second-order valence-electron chi connectivity index (χ2n) is 5.51. The molecule has 0 bridgehead atoms. The van der Waals surface area contributed by atoms with Crippen LogP contribution in [0.15, 0.2) is 0 Å². The Morgan fingerprint density at radius 1 is 1.26 bits per heavy atom. The summed E-state index contributed by atoms with van der Waals surface area (Å²) in [6.45, 7) is 0.752. The van der Waals surface area contributed by atoms with Gasteiger partial charge in [-0.15, -0.1) is 10.2 Å². The molecule has 2 heterocycles. The number of hydrogen-bond donors (Lipinski definition) is 1. The fraction of sp³-hybridized carbons (Fsp3) is 0.769. The Morgan fingerprint density at radius 2 is 2.05 bits per heavy atom. The van der Waals surface area contributed by atoms with Crippen LogP contribution in [-0.4, -0.2) is 28.4 Å². The number of hydrogen-bond acceptors (Lipinski definition) is 5. The summed E-state index contributed by atoms with van der Waals surface area (Å²) in [6, 6.07) is 0. The number of aromatic nitrogens is 2. The minimum atomic E-state index is 0.172. The lowest BCUT2D eigenvalue weighted by molar-refractivity contribution is -0.117. The third-order valence-corrected chi connectivity index (χ3v) is 5.70. The van der Waals surface area contributed by atoms with Crippen molar-refractivity contribution in [2.24, 2.45) is 5.92 Å². The Hall–Kier alpha value is -0.620. The predicted octanol–water partition coefficient (Wildman–Crippen LogP) is 2.87. The van der Waals surface area contributed by atoms with Gasteiger partial charge in [-0.2, -0.15) is 12.6 Å². The lowest BCUT2D eigenvalue weighted by Gasteiger charge is -2.18. The third kappa shape index (κ3) is 2.79. The van der Waals surface area contributed by atoms with Crippen LogP contribution in [0, 0.1) is 5.92 Å². The summed E-state index contributed by atoms with van der Waals surface area (Å²) < 4.78 is 0. The van der Waals surface area contributed by atoms with E-state index in [2.05, 4.69) is 22.8 Å². The first-order valence-electron chi connectivity index (χ1n) is 7.02. The van der Waals surface area contributed by atoms with Crippen LogP contribution < -0.4 is 4.90 Å². The maximum absolute atomic E-state index is 12.0. The second kappa shape index (κ2) is 5.79. The van der Waals surface area contributed by atoms with Crippen molar-refractivity contribution in [3.8, 4) is 0 Å². The molecule has 2 aliphatic rings. The molecule has 1 aromatic heterocycles. The lowest BCUT2D eigenvalue weighted by Crippen LogP contribution is -2.24. The minimum Gasteiger partial charge on any atom is -0.286 e. The van der Waals surface area contributed by atoms with Crippen LogP contribution in [0.25, 0.3) is 0 Å². The first-order chi connectivity index (χ1) is 9.28. The lowest BCUT2D eigenvalue weighted by atomic mass is 9.90. The summed E-state index contributed by atoms with van der Waals surface area (Å²) in [6.07, 6.45) is 6.98. The van der Waals surface area contributed by atoms with Gasteiger partial charge in [-0.1, -0.05) is 30.6 Å². The average Bonchev–Trinajstić information content (AvgIpc) is 3.06. The molecular weight excluding hydrogens is 278 g/mol. The summed E-state index contributed by atoms with van der Waals surface area (Å²) in [5, 5.41) is 10.5. The normalized spacial score (nSPS) is 25.2. The molecule has 1 aliphatic carbocycles. The molecule has 1 saturated heterocycles. The molecule has 1 amide bonds. The van der Waals surface area contributed by atoms with Crippen molar-refractivity contribution in [2.45, 2.75) is 44.4 Å². The van der Waals surface area contributed by atoms with E-state index < -0.39 is 0 Å². The van der Waals surface area contributed by atoms with Gasteiger partial charge in [0.1, 0.15) is 5.01 Å². The van der Waals surface area contributed by atoms with Crippen molar-refractivity contribution in [3.05, 3.63) is 5.01 Å². The summed E-state index contributed by atoms with van der Waals surface area (Å²) in [5.41, 5.74) is 0. The Labute approximate surface area is 123 Å². The van der Waals surface area contributed by atoms with E-state index in [0.29, 0.717) is 18.3 Å². The Morgan fingerprint density at radius 3 is 2.74 bits per heavy atom. The van der Waals surface area contributed by atoms with Crippen LogP contribution in [0.2, 0.25) is 0 Å². The predicted molar refractivity (Wildman–Crippen MR) is 80.0 cm³/mol. The fourth-order valence-corrected chi connectivity index (χ4v) is 4.22. The van der Waals surface area contributed by atoms with Crippen LogP contribution >= 0.6 is 24.0 Å². The molecule has 4 nitrogen and oxygen atoms in total. The molecule has 19 heavy (non-hydrogen) atoms. The summed E-state index contributed by atoms with van der Waals surface area (Å²) >= 11 is 5.90. The number of carbonyl (C=O) groups excluding carboxylic acids is 1. The Kier molecular flexibility index (Phi) is 4.07. The molecule has 0 spiro atoms. The van der Waals surface area contributed by atoms with Crippen molar-refractivity contribution in [1.29, 1.82) is 0 Å². The van der Waals surface area contributed by atoms with Gasteiger partial charge in [0.2, 0.25) is 11.0 Å². The zero-order valence-corrected chi connectivity index (χ0v) is 12.6. The zero-order chi connectivity index (χ0) is 13.2.